The van der Waals surface area contributed by atoms with Crippen LogP contribution in [0.25, 0.3) is 0 Å². The van der Waals surface area contributed by atoms with E-state index in [-0.39, 0.29) is 35.6 Å². The highest BCUT2D eigenvalue weighted by Crippen LogP contribution is 2.43. The molecule has 0 saturated carbocycles. The van der Waals surface area contributed by atoms with E-state index in [4.69, 9.17) is 21.1 Å². The zero-order valence-corrected chi connectivity index (χ0v) is 27.5. The third-order valence-electron chi connectivity index (χ3n) is 7.37. The Bertz CT molecular complexity index is 1490. The summed E-state index contributed by atoms with van der Waals surface area (Å²) in [6.45, 7) is 12.4. The van der Waals surface area contributed by atoms with E-state index in [1.807, 2.05) is 6.92 Å². The molecule has 1 aliphatic rings. The maximum atomic E-state index is 13.8. The van der Waals surface area contributed by atoms with Crippen LogP contribution in [0.2, 0.25) is 5.02 Å². The van der Waals surface area contributed by atoms with Gasteiger partial charge in [-0.05, 0) is 69.9 Å². The summed E-state index contributed by atoms with van der Waals surface area (Å²) in [6, 6.07) is 5.56. The molecule has 1 aliphatic heterocycles. The van der Waals surface area contributed by atoms with Crippen molar-refractivity contribution in [3.05, 3.63) is 53.4 Å². The summed E-state index contributed by atoms with van der Waals surface area (Å²) in [5.74, 6) is -0.281. The number of nitrogens with zero attached hydrogens (tertiary/aromatic N) is 7. The number of amides is 2. The molecule has 2 unspecified atom stereocenters. The number of carbonyl (C=O) groups is 2. The van der Waals surface area contributed by atoms with Crippen molar-refractivity contribution in [3.63, 3.8) is 0 Å². The van der Waals surface area contributed by atoms with E-state index in [2.05, 4.69) is 33.3 Å². The normalized spacial score (nSPS) is 16.5. The second kappa shape index (κ2) is 14.6. The Balaban J connectivity index is 1.89. The molecule has 2 atom stereocenters. The number of allylic oxidation sites excluding steroid dienone is 5. The quantitative estimate of drug-likeness (QED) is 0.281. The van der Waals surface area contributed by atoms with Crippen molar-refractivity contribution in [1.82, 2.24) is 25.5 Å². The Kier molecular flexibility index (Phi) is 11.3. The molecule has 0 radical (unpaired) electrons. The van der Waals surface area contributed by atoms with E-state index in [0.717, 1.165) is 0 Å². The molecule has 0 saturated heterocycles. The topological polar surface area (TPSA) is 141 Å². The number of ether oxygens (including phenoxy) is 2. The summed E-state index contributed by atoms with van der Waals surface area (Å²) in [4.78, 5) is 31.5. The monoisotopic (exact) mass is 642 g/mol. The lowest BCUT2D eigenvalue weighted by Crippen LogP contribution is -2.52. The Hall–Kier alpha value is -4.44. The Labute approximate surface area is 268 Å². The van der Waals surface area contributed by atoms with Crippen LogP contribution < -0.4 is 14.5 Å². The van der Waals surface area contributed by atoms with Crippen molar-refractivity contribution in [1.29, 1.82) is 5.26 Å². The minimum absolute atomic E-state index is 0.128. The number of likely N-dealkylation sites (N-methyl/N-ethyl adjacent to an activating group) is 1. The molecule has 1 aromatic heterocycles. The van der Waals surface area contributed by atoms with Gasteiger partial charge in [0.1, 0.15) is 11.4 Å². The van der Waals surface area contributed by atoms with Gasteiger partial charge in [0, 0.05) is 26.7 Å². The molecule has 12 nitrogen and oxygen atoms in total. The molecule has 2 heterocycles. The van der Waals surface area contributed by atoms with Crippen molar-refractivity contribution < 1.29 is 23.5 Å². The maximum Gasteiger partial charge on any atom is 0.415 e. The highest BCUT2D eigenvalue weighted by atomic mass is 35.5. The maximum absolute atomic E-state index is 13.8. The SMILES string of the molecule is C=CC(=CC=C(C)F)CC(C#N)(CC)CCN(C)C(=O)C1CN(C(=O)OC(C)(C)C)c2cc(Cl)c(N(C)c3nn[nH]n3)cc2O1. The summed E-state index contributed by atoms with van der Waals surface area (Å²) in [5.41, 5.74) is -0.118. The predicted octanol–water partition coefficient (Wildman–Crippen LogP) is 6.27. The minimum Gasteiger partial charge on any atom is -0.476 e. The first kappa shape index (κ1) is 35.0. The standard InChI is InChI=1S/C31H40ClFN8O4/c1-9-21(12-11-20(3)33)17-31(10-2,19-34)13-14-39(7)27(42)26-18-41(29(43)45-30(4,5)6)24-15-22(32)23(16-25(24)44-26)40(8)28-35-37-38-36-28/h9,11-12,15-16,26H,1,10,13-14,17-18H2,2-8H3,(H,35,36,37,38). The molecule has 0 fully saturated rings. The van der Waals surface area contributed by atoms with Gasteiger partial charge in [-0.1, -0.05) is 42.4 Å². The first-order chi connectivity index (χ1) is 21.1. The lowest BCUT2D eigenvalue weighted by atomic mass is 9.77. The number of nitrogens with one attached hydrogen (secondary N) is 1. The van der Waals surface area contributed by atoms with Crippen LogP contribution in [0, 0.1) is 16.7 Å². The average molecular weight is 643 g/mol. The summed E-state index contributed by atoms with van der Waals surface area (Å²) in [6.07, 6.45) is 3.98. The van der Waals surface area contributed by atoms with Gasteiger partial charge in [0.25, 0.3) is 11.9 Å². The van der Waals surface area contributed by atoms with Crippen LogP contribution in [0.1, 0.15) is 53.9 Å². The molecule has 0 aliphatic carbocycles. The molecule has 242 valence electrons. The van der Waals surface area contributed by atoms with Gasteiger partial charge in [0.05, 0.1) is 40.3 Å². The molecule has 14 heteroatoms. The second-order valence-electron chi connectivity index (χ2n) is 11.9. The van der Waals surface area contributed by atoms with Crippen LogP contribution in [-0.4, -0.2) is 76.4 Å². The number of H-pyrrole nitrogens is 1. The van der Waals surface area contributed by atoms with Crippen LogP contribution in [-0.2, 0) is 9.53 Å². The van der Waals surface area contributed by atoms with Gasteiger partial charge in [-0.15, -0.1) is 5.10 Å². The van der Waals surface area contributed by atoms with Gasteiger partial charge >= 0.3 is 6.09 Å². The molecule has 45 heavy (non-hydrogen) atoms. The number of benzene rings is 1. The Morgan fingerprint density at radius 3 is 2.60 bits per heavy atom. The number of tetrazole rings is 1. The van der Waals surface area contributed by atoms with Crippen molar-refractivity contribution in [2.45, 2.75) is 65.6 Å². The largest absolute Gasteiger partial charge is 0.476 e. The lowest BCUT2D eigenvalue weighted by Gasteiger charge is -2.37. The molecule has 3 rings (SSSR count). The number of nitriles is 1. The Morgan fingerprint density at radius 1 is 1.33 bits per heavy atom. The van der Waals surface area contributed by atoms with Crippen LogP contribution in [0.3, 0.4) is 0 Å². The summed E-state index contributed by atoms with van der Waals surface area (Å²) in [5, 5.41) is 24.3. The summed E-state index contributed by atoms with van der Waals surface area (Å²) < 4.78 is 25.2. The molecule has 0 bridgehead atoms. The third kappa shape index (κ3) is 8.82. The number of hydrogen-bond donors (Lipinski definition) is 1. The smallest absolute Gasteiger partial charge is 0.415 e. The van der Waals surface area contributed by atoms with E-state index in [0.29, 0.717) is 36.2 Å². The van der Waals surface area contributed by atoms with Crippen molar-refractivity contribution >= 4 is 40.9 Å². The van der Waals surface area contributed by atoms with Crippen LogP contribution >= 0.6 is 11.6 Å². The highest BCUT2D eigenvalue weighted by molar-refractivity contribution is 6.34. The molecule has 1 aromatic carbocycles. The first-order valence-electron chi connectivity index (χ1n) is 14.4. The third-order valence-corrected chi connectivity index (χ3v) is 7.67. The summed E-state index contributed by atoms with van der Waals surface area (Å²) >= 11 is 6.62. The minimum atomic E-state index is -1.08. The number of rotatable bonds is 11. The van der Waals surface area contributed by atoms with Gasteiger partial charge in [0.15, 0.2) is 6.10 Å². The van der Waals surface area contributed by atoms with Gasteiger partial charge in [-0.3, -0.25) is 9.69 Å². The van der Waals surface area contributed by atoms with Crippen LogP contribution in [0.15, 0.2) is 48.3 Å². The van der Waals surface area contributed by atoms with E-state index in [1.165, 1.54) is 22.8 Å². The Morgan fingerprint density at radius 2 is 2.04 bits per heavy atom. The first-order valence-corrected chi connectivity index (χ1v) is 14.8. The number of fused-ring (bicyclic) bond motifs is 1. The van der Waals surface area contributed by atoms with Gasteiger partial charge in [-0.2, -0.15) is 10.5 Å². The summed E-state index contributed by atoms with van der Waals surface area (Å²) in [7, 11) is 3.30. The molecular weight excluding hydrogens is 603 g/mol. The number of halogens is 2. The average Bonchev–Trinajstić information content (AvgIpc) is 3.53. The molecule has 1 N–H and O–H groups in total. The number of aromatic amines is 1. The van der Waals surface area contributed by atoms with Crippen molar-refractivity contribution in [2.24, 2.45) is 5.41 Å². The van der Waals surface area contributed by atoms with Crippen LogP contribution in [0.5, 0.6) is 5.75 Å². The fourth-order valence-electron chi connectivity index (χ4n) is 4.69. The molecule has 0 spiro atoms. The van der Waals surface area contributed by atoms with Crippen molar-refractivity contribution in [2.75, 3.05) is 37.0 Å². The highest BCUT2D eigenvalue weighted by Gasteiger charge is 2.39. The van der Waals surface area contributed by atoms with Crippen molar-refractivity contribution in [3.8, 4) is 11.8 Å². The fourth-order valence-corrected chi connectivity index (χ4v) is 4.97. The van der Waals surface area contributed by atoms with Gasteiger partial charge in [0.2, 0.25) is 0 Å². The van der Waals surface area contributed by atoms with Gasteiger partial charge < -0.3 is 19.3 Å². The van der Waals surface area contributed by atoms with E-state index < -0.39 is 29.1 Å². The second-order valence-corrected chi connectivity index (χ2v) is 12.3. The molecule has 2 aromatic rings. The number of anilines is 3. The number of carbonyl (C=O) groups excluding carboxylic acids is 2. The van der Waals surface area contributed by atoms with Gasteiger partial charge in [-0.25, -0.2) is 9.18 Å². The number of hydrogen-bond acceptors (Lipinski definition) is 9. The molecule has 2 amide bonds. The lowest BCUT2D eigenvalue weighted by molar-refractivity contribution is -0.137. The zero-order valence-electron chi connectivity index (χ0n) is 26.7. The zero-order chi connectivity index (χ0) is 33.5. The van der Waals surface area contributed by atoms with E-state index >= 15 is 0 Å². The molecular formula is C31H40ClFN8O4. The predicted molar refractivity (Wildman–Crippen MR) is 170 cm³/mol. The van der Waals surface area contributed by atoms with Crippen LogP contribution in [0.4, 0.5) is 26.5 Å². The number of aromatic nitrogens is 4. The van der Waals surface area contributed by atoms with E-state index in [1.54, 1.807) is 64.1 Å². The van der Waals surface area contributed by atoms with E-state index in [9.17, 15) is 19.2 Å². The fraction of sp³-hybridized carbons (Fsp3) is 0.484.